The number of benzene rings is 2. The van der Waals surface area contributed by atoms with Crippen LogP contribution in [0, 0.1) is 0 Å². The summed E-state index contributed by atoms with van der Waals surface area (Å²) in [5, 5.41) is 3.13. The average Bonchev–Trinajstić information content (AvgIpc) is 3.30. The van der Waals surface area contributed by atoms with Gasteiger partial charge in [0.15, 0.2) is 0 Å². The summed E-state index contributed by atoms with van der Waals surface area (Å²) in [6.45, 7) is 0. The third-order valence-corrected chi connectivity index (χ3v) is 3.72. The maximum atomic E-state index is 12.5. The number of amides is 1. The number of carbonyl (C=O) groups is 1. The van der Waals surface area contributed by atoms with Crippen LogP contribution in [0.25, 0.3) is 0 Å². The molecule has 3 rings (SSSR count). The van der Waals surface area contributed by atoms with Gasteiger partial charge in [0.2, 0.25) is 5.91 Å². The summed E-state index contributed by atoms with van der Waals surface area (Å²) in [4.78, 5) is 12.5. The molecule has 1 aliphatic rings. The summed E-state index contributed by atoms with van der Waals surface area (Å²) in [6, 6.07) is 20.7. The molecule has 0 spiro atoms. The second kappa shape index (κ2) is 5.91. The lowest BCUT2D eigenvalue weighted by Crippen LogP contribution is -2.32. The number of nitrogens with one attached hydrogen (secondary N) is 1. The smallest absolute Gasteiger partial charge is 0.228 e. The van der Waals surface area contributed by atoms with Crippen molar-refractivity contribution in [2.24, 2.45) is 0 Å². The topological polar surface area (TPSA) is 29.1 Å². The Morgan fingerprint density at radius 1 is 1.00 bits per heavy atom. The molecule has 0 saturated heterocycles. The number of hydrogen-bond donors (Lipinski definition) is 1. The van der Waals surface area contributed by atoms with E-state index in [4.69, 9.17) is 0 Å². The van der Waals surface area contributed by atoms with Gasteiger partial charge in [-0.05, 0) is 30.4 Å². The van der Waals surface area contributed by atoms with E-state index in [0.717, 1.165) is 24.8 Å². The SMILES string of the molecule is O=C(NC1CC1)C(Cc1ccccc1)c1ccccc1. The summed E-state index contributed by atoms with van der Waals surface area (Å²) in [5.41, 5.74) is 2.29. The van der Waals surface area contributed by atoms with Crippen molar-refractivity contribution < 1.29 is 4.79 Å². The van der Waals surface area contributed by atoms with Crippen LogP contribution in [0.4, 0.5) is 0 Å². The second-order valence-corrected chi connectivity index (χ2v) is 5.44. The fourth-order valence-corrected chi connectivity index (χ4v) is 2.43. The van der Waals surface area contributed by atoms with E-state index >= 15 is 0 Å². The Bertz CT molecular complexity index is 560. The summed E-state index contributed by atoms with van der Waals surface area (Å²) in [7, 11) is 0. The fraction of sp³-hybridized carbons (Fsp3) is 0.278. The van der Waals surface area contributed by atoms with E-state index < -0.39 is 0 Å². The highest BCUT2D eigenvalue weighted by Crippen LogP contribution is 2.24. The minimum Gasteiger partial charge on any atom is -0.353 e. The maximum absolute atomic E-state index is 12.5. The quantitative estimate of drug-likeness (QED) is 0.883. The molecule has 1 fully saturated rings. The van der Waals surface area contributed by atoms with Crippen molar-refractivity contribution in [2.45, 2.75) is 31.2 Å². The molecule has 0 bridgehead atoms. The monoisotopic (exact) mass is 265 g/mol. The standard InChI is InChI=1S/C18H19NO/c20-18(19-16-11-12-16)17(15-9-5-2-6-10-15)13-14-7-3-1-4-8-14/h1-10,16-17H,11-13H2,(H,19,20). The summed E-state index contributed by atoms with van der Waals surface area (Å²) >= 11 is 0. The molecule has 0 heterocycles. The normalized spacial score (nSPS) is 15.6. The molecule has 1 atom stereocenters. The van der Waals surface area contributed by atoms with E-state index in [9.17, 15) is 4.79 Å². The zero-order chi connectivity index (χ0) is 13.8. The van der Waals surface area contributed by atoms with E-state index in [1.807, 2.05) is 48.5 Å². The van der Waals surface area contributed by atoms with Crippen molar-refractivity contribution in [2.75, 3.05) is 0 Å². The van der Waals surface area contributed by atoms with Gasteiger partial charge in [-0.1, -0.05) is 60.7 Å². The zero-order valence-electron chi connectivity index (χ0n) is 11.5. The van der Waals surface area contributed by atoms with Gasteiger partial charge in [0.25, 0.3) is 0 Å². The van der Waals surface area contributed by atoms with Gasteiger partial charge < -0.3 is 5.32 Å². The minimum atomic E-state index is -0.0980. The van der Waals surface area contributed by atoms with Crippen LogP contribution in [0.2, 0.25) is 0 Å². The van der Waals surface area contributed by atoms with Crippen LogP contribution in [0.5, 0.6) is 0 Å². The van der Waals surface area contributed by atoms with Crippen LogP contribution in [0.1, 0.15) is 29.9 Å². The van der Waals surface area contributed by atoms with E-state index in [-0.39, 0.29) is 11.8 Å². The predicted octanol–water partition coefficient (Wildman–Crippen LogP) is 3.29. The van der Waals surface area contributed by atoms with Gasteiger partial charge in [0.05, 0.1) is 5.92 Å². The van der Waals surface area contributed by atoms with Gasteiger partial charge in [-0.15, -0.1) is 0 Å². The lowest BCUT2D eigenvalue weighted by Gasteiger charge is -2.17. The molecule has 0 aromatic heterocycles. The minimum absolute atomic E-state index is 0.0980. The van der Waals surface area contributed by atoms with Crippen molar-refractivity contribution in [3.8, 4) is 0 Å². The molecule has 0 aliphatic heterocycles. The van der Waals surface area contributed by atoms with Gasteiger partial charge in [0, 0.05) is 6.04 Å². The van der Waals surface area contributed by atoms with Crippen molar-refractivity contribution in [3.63, 3.8) is 0 Å². The van der Waals surface area contributed by atoms with Crippen LogP contribution < -0.4 is 5.32 Å². The molecule has 2 heteroatoms. The Morgan fingerprint density at radius 3 is 2.20 bits per heavy atom. The molecule has 2 nitrogen and oxygen atoms in total. The van der Waals surface area contributed by atoms with Gasteiger partial charge in [-0.25, -0.2) is 0 Å². The second-order valence-electron chi connectivity index (χ2n) is 5.44. The molecule has 2 aromatic carbocycles. The molecule has 20 heavy (non-hydrogen) atoms. The fourth-order valence-electron chi connectivity index (χ4n) is 2.43. The average molecular weight is 265 g/mol. The van der Waals surface area contributed by atoms with Crippen molar-refractivity contribution in [3.05, 3.63) is 71.8 Å². The molecule has 1 amide bonds. The van der Waals surface area contributed by atoms with Gasteiger partial charge in [-0.2, -0.15) is 0 Å². The van der Waals surface area contributed by atoms with E-state index in [1.165, 1.54) is 5.56 Å². The molecule has 2 aromatic rings. The van der Waals surface area contributed by atoms with E-state index in [0.29, 0.717) is 6.04 Å². The Kier molecular flexibility index (Phi) is 3.82. The summed E-state index contributed by atoms with van der Waals surface area (Å²) in [6.07, 6.45) is 3.00. The Balaban J connectivity index is 1.81. The van der Waals surface area contributed by atoms with Crippen LogP contribution in [0.3, 0.4) is 0 Å². The van der Waals surface area contributed by atoms with Gasteiger partial charge in [-0.3, -0.25) is 4.79 Å². The van der Waals surface area contributed by atoms with Gasteiger partial charge >= 0.3 is 0 Å². The van der Waals surface area contributed by atoms with Crippen LogP contribution in [-0.2, 0) is 11.2 Å². The Morgan fingerprint density at radius 2 is 1.60 bits per heavy atom. The Labute approximate surface area is 119 Å². The van der Waals surface area contributed by atoms with Crippen molar-refractivity contribution in [1.29, 1.82) is 0 Å². The predicted molar refractivity (Wildman–Crippen MR) is 80.5 cm³/mol. The lowest BCUT2D eigenvalue weighted by molar-refractivity contribution is -0.122. The summed E-state index contributed by atoms with van der Waals surface area (Å²) in [5.74, 6) is 0.0572. The van der Waals surface area contributed by atoms with Crippen LogP contribution in [-0.4, -0.2) is 11.9 Å². The first-order chi connectivity index (χ1) is 9.83. The highest BCUT2D eigenvalue weighted by Gasteiger charge is 2.28. The molecule has 1 saturated carbocycles. The molecule has 1 aliphatic carbocycles. The maximum Gasteiger partial charge on any atom is 0.228 e. The molecule has 0 radical (unpaired) electrons. The van der Waals surface area contributed by atoms with Crippen LogP contribution in [0.15, 0.2) is 60.7 Å². The first-order valence-electron chi connectivity index (χ1n) is 7.22. The number of rotatable bonds is 5. The lowest BCUT2D eigenvalue weighted by atomic mass is 9.91. The highest BCUT2D eigenvalue weighted by atomic mass is 16.2. The van der Waals surface area contributed by atoms with Crippen molar-refractivity contribution >= 4 is 5.91 Å². The van der Waals surface area contributed by atoms with Crippen molar-refractivity contribution in [1.82, 2.24) is 5.32 Å². The Hall–Kier alpha value is -2.09. The van der Waals surface area contributed by atoms with E-state index in [2.05, 4.69) is 17.4 Å². The third-order valence-electron chi connectivity index (χ3n) is 3.72. The largest absolute Gasteiger partial charge is 0.353 e. The number of hydrogen-bond acceptors (Lipinski definition) is 1. The molecule has 102 valence electrons. The summed E-state index contributed by atoms with van der Waals surface area (Å²) < 4.78 is 0. The molecule has 1 unspecified atom stereocenters. The highest BCUT2D eigenvalue weighted by molar-refractivity contribution is 5.84. The zero-order valence-corrected chi connectivity index (χ0v) is 11.5. The third kappa shape index (κ3) is 3.27. The number of carbonyl (C=O) groups excluding carboxylic acids is 1. The van der Waals surface area contributed by atoms with Gasteiger partial charge in [0.1, 0.15) is 0 Å². The first-order valence-corrected chi connectivity index (χ1v) is 7.22. The first kappa shape index (κ1) is 12.9. The molecule has 1 N–H and O–H groups in total. The van der Waals surface area contributed by atoms with E-state index in [1.54, 1.807) is 0 Å². The molecular weight excluding hydrogens is 246 g/mol. The van der Waals surface area contributed by atoms with Crippen LogP contribution >= 0.6 is 0 Å². The molecular formula is C18H19NO.